The van der Waals surface area contributed by atoms with Gasteiger partial charge in [-0.05, 0) is 31.0 Å². The van der Waals surface area contributed by atoms with E-state index in [-0.39, 0.29) is 32.0 Å². The number of hydrogen-bond donors (Lipinski definition) is 1. The molecule has 0 aliphatic rings. The Balaban J connectivity index is 1.51. The minimum atomic E-state index is -1.10. The molecule has 10 nitrogen and oxygen atoms in total. The van der Waals surface area contributed by atoms with Crippen LogP contribution in [-0.2, 0) is 28.5 Å². The number of rotatable bonds is 49. The van der Waals surface area contributed by atoms with Crippen LogP contribution in [0.3, 0.4) is 0 Å². The maximum atomic E-state index is 12.5. The molecule has 410 valence electrons. The zero-order valence-electron chi connectivity index (χ0n) is 45.8. The van der Waals surface area contributed by atoms with Gasteiger partial charge in [-0.2, -0.15) is 0 Å². The molecule has 0 amide bonds. The van der Waals surface area contributed by atoms with Crippen molar-refractivity contribution in [3.05, 3.63) is 73.3 Å². The Morgan fingerprint density at radius 1 is 0.438 bits per heavy atom. The van der Waals surface area contributed by atoms with Gasteiger partial charge >= 0.3 is 17.9 Å². The number of benzene rings is 3. The number of hydrogen-bond acceptors (Lipinski definition) is 9. The maximum Gasteiger partial charge on any atom is 0.335 e. The highest BCUT2D eigenvalue weighted by molar-refractivity contribution is 6.12. The van der Waals surface area contributed by atoms with Gasteiger partial charge in [0.2, 0.25) is 0 Å². The van der Waals surface area contributed by atoms with E-state index < -0.39 is 30.1 Å². The second-order valence-electron chi connectivity index (χ2n) is 20.2. The lowest BCUT2D eigenvalue weighted by Gasteiger charge is -2.23. The molecule has 73 heavy (non-hydrogen) atoms. The van der Waals surface area contributed by atoms with Gasteiger partial charge < -0.3 is 33.5 Å². The molecular weight excluding hydrogens is 917 g/mol. The highest BCUT2D eigenvalue weighted by Gasteiger charge is 2.23. The van der Waals surface area contributed by atoms with Gasteiger partial charge in [0, 0.05) is 46.9 Å². The number of carboxylic acids is 1. The van der Waals surface area contributed by atoms with Gasteiger partial charge in [0.15, 0.2) is 12.2 Å². The first-order chi connectivity index (χ1) is 35.8. The SMILES string of the molecule is C=CC(=O)OC(COCCCCCCCCCCCCCCCCCC)COc1c2ccccc2c(OCC(COCCCCCCCCCCCCCCCCCC)OC(=O)C=C)c2cc(C(=O)O)ccc12. The van der Waals surface area contributed by atoms with E-state index in [2.05, 4.69) is 27.0 Å². The molecule has 0 aromatic heterocycles. The van der Waals surface area contributed by atoms with Gasteiger partial charge in [0.1, 0.15) is 24.7 Å². The quantitative estimate of drug-likeness (QED) is 0.0253. The summed E-state index contributed by atoms with van der Waals surface area (Å²) in [5.41, 5.74) is 0.0654. The van der Waals surface area contributed by atoms with E-state index in [9.17, 15) is 19.5 Å². The molecule has 3 aromatic rings. The van der Waals surface area contributed by atoms with Gasteiger partial charge in [-0.15, -0.1) is 0 Å². The summed E-state index contributed by atoms with van der Waals surface area (Å²) in [4.78, 5) is 37.2. The van der Waals surface area contributed by atoms with Gasteiger partial charge in [0.05, 0.1) is 18.8 Å². The Morgan fingerprint density at radius 2 is 0.753 bits per heavy atom. The fourth-order valence-corrected chi connectivity index (χ4v) is 9.49. The zero-order chi connectivity index (χ0) is 52.4. The molecule has 0 fully saturated rings. The van der Waals surface area contributed by atoms with Crippen molar-refractivity contribution in [2.24, 2.45) is 0 Å². The molecule has 0 bridgehead atoms. The fraction of sp³-hybridized carbons (Fsp3) is 0.667. The van der Waals surface area contributed by atoms with Crippen LogP contribution in [0.25, 0.3) is 21.5 Å². The van der Waals surface area contributed by atoms with E-state index >= 15 is 0 Å². The van der Waals surface area contributed by atoms with Crippen molar-refractivity contribution in [1.29, 1.82) is 0 Å². The fourth-order valence-electron chi connectivity index (χ4n) is 9.49. The van der Waals surface area contributed by atoms with Crippen molar-refractivity contribution in [3.8, 4) is 11.5 Å². The van der Waals surface area contributed by atoms with E-state index in [1.165, 1.54) is 186 Å². The van der Waals surface area contributed by atoms with Crippen molar-refractivity contribution < 1.29 is 47.9 Å². The molecule has 2 atom stereocenters. The summed E-state index contributed by atoms with van der Waals surface area (Å²) >= 11 is 0. The Kier molecular flexibility index (Phi) is 36.1. The molecule has 3 aromatic carbocycles. The van der Waals surface area contributed by atoms with E-state index in [1.54, 1.807) is 12.1 Å². The predicted octanol–water partition coefficient (Wildman–Crippen LogP) is 17.2. The van der Waals surface area contributed by atoms with Gasteiger partial charge in [-0.3, -0.25) is 0 Å². The second kappa shape index (κ2) is 41.9. The third kappa shape index (κ3) is 28.2. The summed E-state index contributed by atoms with van der Waals surface area (Å²) in [6, 6.07) is 12.3. The number of ether oxygens (including phenoxy) is 6. The van der Waals surface area contributed by atoms with Crippen LogP contribution >= 0.6 is 0 Å². The van der Waals surface area contributed by atoms with Crippen molar-refractivity contribution in [2.45, 2.75) is 232 Å². The van der Waals surface area contributed by atoms with Crippen molar-refractivity contribution in [1.82, 2.24) is 0 Å². The predicted molar refractivity (Wildman–Crippen MR) is 300 cm³/mol. The topological polar surface area (TPSA) is 127 Å². The largest absolute Gasteiger partial charge is 0.488 e. The molecule has 10 heteroatoms. The second-order valence-corrected chi connectivity index (χ2v) is 20.2. The van der Waals surface area contributed by atoms with E-state index in [4.69, 9.17) is 28.4 Å². The molecule has 3 rings (SSSR count). The van der Waals surface area contributed by atoms with Crippen LogP contribution < -0.4 is 9.47 Å². The van der Waals surface area contributed by atoms with Gasteiger partial charge in [0.25, 0.3) is 0 Å². The molecule has 0 heterocycles. The van der Waals surface area contributed by atoms with Crippen LogP contribution in [0.5, 0.6) is 11.5 Å². The number of carboxylic acid groups (broad SMARTS) is 1. The summed E-state index contributed by atoms with van der Waals surface area (Å²) in [6.07, 6.45) is 42.2. The van der Waals surface area contributed by atoms with Crippen LogP contribution in [0.15, 0.2) is 67.8 Å². The standard InChI is InChI=1S/C63H98O10/c1-5-9-11-13-15-17-19-21-23-25-27-29-31-33-35-39-45-68-48-53(72-59(64)7-3)50-70-61-55-41-37-38-42-56(55)62(58-47-52(63(66)67)43-44-57(58)61)71-51-54(73-60(65)8-4)49-69-46-40-36-34-32-30-28-26-24-22-20-18-16-14-12-10-6-2/h7-8,37-38,41-44,47,53-54H,3-6,9-36,39-40,45-46,48-51H2,1-2H3,(H,66,67). The monoisotopic (exact) mass is 1010 g/mol. The zero-order valence-corrected chi connectivity index (χ0v) is 45.8. The molecular formula is C63H98O10. The Labute approximate surface area is 441 Å². The number of aromatic carboxylic acids is 1. The minimum Gasteiger partial charge on any atom is -0.488 e. The highest BCUT2D eigenvalue weighted by Crippen LogP contribution is 2.43. The Morgan fingerprint density at radius 3 is 1.08 bits per heavy atom. The van der Waals surface area contributed by atoms with E-state index in [0.29, 0.717) is 46.3 Å². The molecule has 0 spiro atoms. The molecule has 0 radical (unpaired) electrons. The lowest BCUT2D eigenvalue weighted by molar-refractivity contribution is -0.148. The van der Waals surface area contributed by atoms with Crippen LogP contribution in [0.2, 0.25) is 0 Å². The first-order valence-corrected chi connectivity index (χ1v) is 29.1. The summed E-state index contributed by atoms with van der Waals surface area (Å²) in [5.74, 6) is -1.38. The lowest BCUT2D eigenvalue weighted by atomic mass is 9.98. The smallest absolute Gasteiger partial charge is 0.335 e. The van der Waals surface area contributed by atoms with Crippen LogP contribution in [0, 0.1) is 0 Å². The van der Waals surface area contributed by atoms with E-state index in [1.807, 2.05) is 24.3 Å². The normalized spacial score (nSPS) is 12.2. The molecule has 1 N–H and O–H groups in total. The Bertz CT molecular complexity index is 1940. The van der Waals surface area contributed by atoms with Crippen LogP contribution in [0.1, 0.15) is 230 Å². The summed E-state index contributed by atoms with van der Waals surface area (Å²) < 4.78 is 36.5. The maximum absolute atomic E-state index is 12.5. The first kappa shape index (κ1) is 62.9. The van der Waals surface area contributed by atoms with Crippen LogP contribution in [0.4, 0.5) is 0 Å². The number of carbonyl (C=O) groups is 3. The van der Waals surface area contributed by atoms with E-state index in [0.717, 1.165) is 37.8 Å². The van der Waals surface area contributed by atoms with Crippen molar-refractivity contribution in [2.75, 3.05) is 39.6 Å². The molecule has 0 saturated heterocycles. The number of carbonyl (C=O) groups excluding carboxylic acids is 2. The average molecular weight is 1020 g/mol. The molecule has 0 saturated carbocycles. The highest BCUT2D eigenvalue weighted by atomic mass is 16.6. The summed E-state index contributed by atoms with van der Waals surface area (Å²) in [7, 11) is 0. The summed E-state index contributed by atoms with van der Waals surface area (Å²) in [6.45, 7) is 13.0. The third-order valence-electron chi connectivity index (χ3n) is 13.8. The Hall–Kier alpha value is -4.41. The van der Waals surface area contributed by atoms with Crippen LogP contribution in [-0.4, -0.2) is 74.9 Å². The average Bonchev–Trinajstić information content (AvgIpc) is 3.40. The lowest BCUT2D eigenvalue weighted by Crippen LogP contribution is -2.30. The first-order valence-electron chi connectivity index (χ1n) is 29.1. The summed E-state index contributed by atoms with van der Waals surface area (Å²) in [5, 5.41) is 12.5. The third-order valence-corrected chi connectivity index (χ3v) is 13.8. The molecule has 2 unspecified atom stereocenters. The van der Waals surface area contributed by atoms with Crippen molar-refractivity contribution in [3.63, 3.8) is 0 Å². The number of fused-ring (bicyclic) bond motifs is 2. The number of unbranched alkanes of at least 4 members (excludes halogenated alkanes) is 30. The van der Waals surface area contributed by atoms with Gasteiger partial charge in [-0.25, -0.2) is 14.4 Å². The number of esters is 2. The van der Waals surface area contributed by atoms with Crippen molar-refractivity contribution >= 4 is 39.5 Å². The molecule has 0 aliphatic heterocycles. The minimum absolute atomic E-state index is 0.0190. The molecule has 0 aliphatic carbocycles. The van der Waals surface area contributed by atoms with Gasteiger partial charge in [-0.1, -0.05) is 244 Å².